The van der Waals surface area contributed by atoms with Gasteiger partial charge in [-0.15, -0.1) is 0 Å². The summed E-state index contributed by atoms with van der Waals surface area (Å²) in [4.78, 5) is 0. The van der Waals surface area contributed by atoms with Crippen molar-refractivity contribution in [1.82, 2.24) is 0 Å². The maximum atomic E-state index is 13.0. The van der Waals surface area contributed by atoms with E-state index in [-0.39, 0.29) is 23.6 Å². The van der Waals surface area contributed by atoms with Crippen LogP contribution in [0.5, 0.6) is 0 Å². The van der Waals surface area contributed by atoms with Crippen LogP contribution in [0.25, 0.3) is 0 Å². The summed E-state index contributed by atoms with van der Waals surface area (Å²) in [6.07, 6.45) is -9.43. The van der Waals surface area contributed by atoms with Crippen LogP contribution in [0, 0.1) is 11.3 Å². The molecule has 1 atom stereocenters. The van der Waals surface area contributed by atoms with Gasteiger partial charge in [0.2, 0.25) is 0 Å². The van der Waals surface area contributed by atoms with Gasteiger partial charge in [0.1, 0.15) is 0 Å². The molecule has 1 unspecified atom stereocenters. The molecule has 1 heterocycles. The molecule has 0 aliphatic carbocycles. The van der Waals surface area contributed by atoms with E-state index in [9.17, 15) is 26.3 Å². The lowest BCUT2D eigenvalue weighted by atomic mass is 9.76. The summed E-state index contributed by atoms with van der Waals surface area (Å²) in [7, 11) is -1.25. The summed E-state index contributed by atoms with van der Waals surface area (Å²) in [5.41, 5.74) is -3.36. The van der Waals surface area contributed by atoms with E-state index in [1.807, 2.05) is 27.7 Å². The molecule has 0 radical (unpaired) electrons. The maximum Gasteiger partial charge on any atom is 0.494 e. The van der Waals surface area contributed by atoms with Gasteiger partial charge < -0.3 is 9.31 Å². The molecule has 0 aromatic heterocycles. The van der Waals surface area contributed by atoms with Crippen LogP contribution in [0.3, 0.4) is 0 Å². The minimum Gasteiger partial charge on any atom is -0.405 e. The van der Waals surface area contributed by atoms with Crippen LogP contribution >= 0.6 is 0 Å². The second-order valence-corrected chi connectivity index (χ2v) is 7.72. The van der Waals surface area contributed by atoms with Crippen molar-refractivity contribution in [1.29, 1.82) is 0 Å². The second kappa shape index (κ2) is 7.07. The normalized spacial score (nSPS) is 19.5. The summed E-state index contributed by atoms with van der Waals surface area (Å²) < 4.78 is 89.0. The molecule has 1 fully saturated rings. The first kappa shape index (κ1) is 21.1. The number of benzene rings is 1. The average Bonchev–Trinajstić information content (AvgIpc) is 2.94. The highest BCUT2D eigenvalue weighted by Crippen LogP contribution is 2.37. The van der Waals surface area contributed by atoms with Gasteiger partial charge in [-0.05, 0) is 29.3 Å². The van der Waals surface area contributed by atoms with Gasteiger partial charge in [-0.25, -0.2) is 0 Å². The van der Waals surface area contributed by atoms with Crippen molar-refractivity contribution in [2.24, 2.45) is 11.3 Å². The maximum absolute atomic E-state index is 13.0. The van der Waals surface area contributed by atoms with Crippen molar-refractivity contribution in [3.8, 4) is 0 Å². The zero-order valence-corrected chi connectivity index (χ0v) is 15.0. The molecule has 1 aliphatic rings. The van der Waals surface area contributed by atoms with Gasteiger partial charge in [0.15, 0.2) is 0 Å². The van der Waals surface area contributed by atoms with Crippen LogP contribution in [-0.4, -0.2) is 19.8 Å². The molecule has 1 saturated heterocycles. The van der Waals surface area contributed by atoms with Crippen LogP contribution in [0.15, 0.2) is 18.2 Å². The highest BCUT2D eigenvalue weighted by molar-refractivity contribution is 6.61. The monoisotopic (exact) mass is 382 g/mol. The Morgan fingerprint density at radius 3 is 1.92 bits per heavy atom. The molecule has 1 aromatic rings. The Balaban J connectivity index is 2.32. The van der Waals surface area contributed by atoms with E-state index >= 15 is 0 Å². The van der Waals surface area contributed by atoms with E-state index in [1.165, 1.54) is 0 Å². The summed E-state index contributed by atoms with van der Waals surface area (Å²) in [6.45, 7) is 8.05. The topological polar surface area (TPSA) is 18.5 Å². The Bertz CT molecular complexity index is 607. The summed E-state index contributed by atoms with van der Waals surface area (Å²) in [5, 5.41) is 0. The fourth-order valence-electron chi connectivity index (χ4n) is 3.29. The molecule has 146 valence electrons. The van der Waals surface area contributed by atoms with Crippen molar-refractivity contribution < 1.29 is 35.7 Å². The van der Waals surface area contributed by atoms with Crippen molar-refractivity contribution in [3.63, 3.8) is 0 Å². The van der Waals surface area contributed by atoms with E-state index in [0.717, 1.165) is 6.42 Å². The van der Waals surface area contributed by atoms with E-state index in [1.54, 1.807) is 0 Å². The third-order valence-corrected chi connectivity index (χ3v) is 4.37. The van der Waals surface area contributed by atoms with Gasteiger partial charge >= 0.3 is 19.5 Å². The third kappa shape index (κ3) is 4.94. The number of alkyl halides is 6. The summed E-state index contributed by atoms with van der Waals surface area (Å²) >= 11 is 0. The highest BCUT2D eigenvalue weighted by atomic mass is 19.4. The third-order valence-electron chi connectivity index (χ3n) is 4.37. The molecular formula is C17H21BF6O2. The van der Waals surface area contributed by atoms with Crippen LogP contribution < -0.4 is 5.46 Å². The molecule has 0 amide bonds. The Kier molecular flexibility index (Phi) is 5.74. The van der Waals surface area contributed by atoms with E-state index in [4.69, 9.17) is 9.31 Å². The highest BCUT2D eigenvalue weighted by Gasteiger charge is 2.44. The SMILES string of the molecule is CC(C)CC(C)(C)C1COB(c2cc(C(F)(F)F)cc(C(F)(F)F)c2)O1. The molecule has 2 rings (SSSR count). The Labute approximate surface area is 149 Å². The van der Waals surface area contributed by atoms with Gasteiger partial charge in [0.05, 0.1) is 23.8 Å². The van der Waals surface area contributed by atoms with Gasteiger partial charge in [-0.3, -0.25) is 0 Å². The smallest absolute Gasteiger partial charge is 0.405 e. The molecular weight excluding hydrogens is 361 g/mol. The molecule has 0 N–H and O–H groups in total. The number of halogens is 6. The first-order valence-corrected chi connectivity index (χ1v) is 8.26. The Morgan fingerprint density at radius 1 is 1.00 bits per heavy atom. The van der Waals surface area contributed by atoms with Crippen LogP contribution in [0.2, 0.25) is 0 Å². The molecule has 0 spiro atoms. The van der Waals surface area contributed by atoms with Crippen molar-refractivity contribution in [2.75, 3.05) is 6.61 Å². The van der Waals surface area contributed by atoms with E-state index in [0.29, 0.717) is 18.1 Å². The van der Waals surface area contributed by atoms with Gasteiger partial charge in [-0.1, -0.05) is 39.8 Å². The molecule has 26 heavy (non-hydrogen) atoms. The first-order valence-electron chi connectivity index (χ1n) is 8.26. The average molecular weight is 382 g/mol. The number of hydrogen-bond acceptors (Lipinski definition) is 2. The van der Waals surface area contributed by atoms with Gasteiger partial charge in [0.25, 0.3) is 0 Å². The van der Waals surface area contributed by atoms with Crippen LogP contribution in [0.4, 0.5) is 26.3 Å². The van der Waals surface area contributed by atoms with E-state index < -0.39 is 36.7 Å². The van der Waals surface area contributed by atoms with Crippen LogP contribution in [-0.2, 0) is 21.7 Å². The summed E-state index contributed by atoms with van der Waals surface area (Å²) in [6, 6.07) is 1.40. The van der Waals surface area contributed by atoms with Crippen molar-refractivity contribution >= 4 is 12.6 Å². The fraction of sp³-hybridized carbons (Fsp3) is 0.647. The van der Waals surface area contributed by atoms with Crippen LogP contribution in [0.1, 0.15) is 45.2 Å². The number of rotatable bonds is 4. The quantitative estimate of drug-likeness (QED) is 0.545. The minimum atomic E-state index is -4.90. The van der Waals surface area contributed by atoms with E-state index in [2.05, 4.69) is 0 Å². The Morgan fingerprint density at radius 2 is 1.50 bits per heavy atom. The van der Waals surface area contributed by atoms with Crippen molar-refractivity contribution in [2.45, 2.75) is 52.6 Å². The largest absolute Gasteiger partial charge is 0.494 e. The van der Waals surface area contributed by atoms with Crippen molar-refractivity contribution in [3.05, 3.63) is 29.3 Å². The molecule has 0 saturated carbocycles. The lowest BCUT2D eigenvalue weighted by Crippen LogP contribution is -2.38. The lowest BCUT2D eigenvalue weighted by Gasteiger charge is -2.32. The predicted octanol–water partition coefficient (Wildman–Crippen LogP) is 4.91. The fourth-order valence-corrected chi connectivity index (χ4v) is 3.29. The minimum absolute atomic E-state index is 0.0959. The zero-order valence-electron chi connectivity index (χ0n) is 15.0. The molecule has 2 nitrogen and oxygen atoms in total. The molecule has 1 aliphatic heterocycles. The van der Waals surface area contributed by atoms with Gasteiger partial charge in [-0.2, -0.15) is 26.3 Å². The molecule has 1 aromatic carbocycles. The lowest BCUT2D eigenvalue weighted by molar-refractivity contribution is -0.142. The second-order valence-electron chi connectivity index (χ2n) is 7.72. The zero-order chi connectivity index (χ0) is 19.9. The predicted molar refractivity (Wildman–Crippen MR) is 85.9 cm³/mol. The number of hydrogen-bond donors (Lipinski definition) is 0. The standard InChI is InChI=1S/C17H21BF6O2/c1-10(2)8-15(3,4)14-9-25-18(26-14)13-6-11(16(19,20)21)5-12(7-13)17(22,23)24/h5-7,10,14H,8-9H2,1-4H3. The molecule has 9 heteroatoms. The van der Waals surface area contributed by atoms with Gasteiger partial charge in [0, 0.05) is 0 Å². The summed E-state index contributed by atoms with van der Waals surface area (Å²) in [5.74, 6) is 0.359. The Hall–Kier alpha value is -1.22. The molecule has 0 bridgehead atoms. The first-order chi connectivity index (χ1) is 11.7.